The average molecular weight is 317 g/mol. The van der Waals surface area contributed by atoms with E-state index in [9.17, 15) is 8.42 Å². The van der Waals surface area contributed by atoms with Crippen LogP contribution in [-0.2, 0) is 10.0 Å². The van der Waals surface area contributed by atoms with Gasteiger partial charge in [0.05, 0.1) is 11.6 Å². The van der Waals surface area contributed by atoms with Crippen molar-refractivity contribution in [1.82, 2.24) is 15.0 Å². The molecule has 0 saturated carbocycles. The van der Waals surface area contributed by atoms with Gasteiger partial charge in [-0.1, -0.05) is 0 Å². The molecule has 1 aromatic rings. The highest BCUT2D eigenvalue weighted by atomic mass is 35.5. The molecule has 0 aliphatic carbocycles. The first-order chi connectivity index (χ1) is 9.12. The van der Waals surface area contributed by atoms with E-state index in [4.69, 9.17) is 5.26 Å². The number of hydrogen-bond donors (Lipinski definition) is 2. The Morgan fingerprint density at radius 3 is 2.80 bits per heavy atom. The van der Waals surface area contributed by atoms with Gasteiger partial charge in [-0.15, -0.1) is 12.4 Å². The lowest BCUT2D eigenvalue weighted by molar-refractivity contribution is 0.372. The second-order valence-electron chi connectivity index (χ2n) is 4.54. The van der Waals surface area contributed by atoms with E-state index in [2.05, 4.69) is 15.0 Å². The Morgan fingerprint density at radius 1 is 1.45 bits per heavy atom. The van der Waals surface area contributed by atoms with Gasteiger partial charge in [-0.05, 0) is 44.0 Å². The Morgan fingerprint density at radius 2 is 2.15 bits per heavy atom. The normalized spacial score (nSPS) is 16.1. The van der Waals surface area contributed by atoms with Gasteiger partial charge in [0.15, 0.2) is 5.03 Å². The Bertz CT molecular complexity index is 579. The largest absolute Gasteiger partial charge is 0.317 e. The monoisotopic (exact) mass is 316 g/mol. The van der Waals surface area contributed by atoms with E-state index in [1.54, 1.807) is 0 Å². The van der Waals surface area contributed by atoms with Gasteiger partial charge in [-0.2, -0.15) is 5.26 Å². The summed E-state index contributed by atoms with van der Waals surface area (Å²) in [6.45, 7) is 2.27. The molecule has 0 spiro atoms. The zero-order chi connectivity index (χ0) is 13.7. The summed E-state index contributed by atoms with van der Waals surface area (Å²) in [6.07, 6.45) is 3.26. The van der Waals surface area contributed by atoms with Crippen molar-refractivity contribution in [2.24, 2.45) is 5.92 Å². The third kappa shape index (κ3) is 4.42. The highest BCUT2D eigenvalue weighted by Crippen LogP contribution is 2.12. The predicted octanol–water partition coefficient (Wildman–Crippen LogP) is 0.653. The molecule has 1 aromatic heterocycles. The van der Waals surface area contributed by atoms with E-state index < -0.39 is 10.0 Å². The number of sulfonamides is 1. The van der Waals surface area contributed by atoms with Crippen molar-refractivity contribution >= 4 is 22.4 Å². The molecule has 0 aromatic carbocycles. The molecule has 8 heteroatoms. The summed E-state index contributed by atoms with van der Waals surface area (Å²) in [5.74, 6) is 0.357. The number of nitrogens with zero attached hydrogens (tertiary/aromatic N) is 2. The van der Waals surface area contributed by atoms with E-state index in [-0.39, 0.29) is 23.0 Å². The third-order valence-electron chi connectivity index (χ3n) is 3.16. The van der Waals surface area contributed by atoms with Gasteiger partial charge in [0.1, 0.15) is 0 Å². The molecule has 0 atom stereocenters. The molecule has 1 saturated heterocycles. The van der Waals surface area contributed by atoms with Gasteiger partial charge in [0.2, 0.25) is 0 Å². The van der Waals surface area contributed by atoms with Crippen LogP contribution in [-0.4, -0.2) is 33.0 Å². The minimum atomic E-state index is -3.62. The predicted molar refractivity (Wildman–Crippen MR) is 77.0 cm³/mol. The first kappa shape index (κ1) is 16.9. The summed E-state index contributed by atoms with van der Waals surface area (Å²) in [5, 5.41) is 11.9. The van der Waals surface area contributed by atoms with Gasteiger partial charge in [0.25, 0.3) is 10.0 Å². The van der Waals surface area contributed by atoms with Crippen LogP contribution >= 0.6 is 12.4 Å². The molecule has 0 bridgehead atoms. The Hall–Kier alpha value is -1.20. The summed E-state index contributed by atoms with van der Waals surface area (Å²) < 4.78 is 26.7. The maximum atomic E-state index is 12.0. The maximum Gasteiger partial charge on any atom is 0.258 e. The topological polar surface area (TPSA) is 94.9 Å². The molecule has 20 heavy (non-hydrogen) atoms. The quantitative estimate of drug-likeness (QED) is 0.850. The van der Waals surface area contributed by atoms with Crippen LogP contribution in [0.4, 0.5) is 0 Å². The van der Waals surface area contributed by atoms with Crippen LogP contribution in [0.15, 0.2) is 23.4 Å². The number of pyridine rings is 1. The molecule has 2 N–H and O–H groups in total. The van der Waals surface area contributed by atoms with Crippen LogP contribution < -0.4 is 10.0 Å². The van der Waals surface area contributed by atoms with E-state index in [1.165, 1.54) is 18.3 Å². The minimum Gasteiger partial charge on any atom is -0.317 e. The van der Waals surface area contributed by atoms with Gasteiger partial charge in [-0.3, -0.25) is 0 Å². The van der Waals surface area contributed by atoms with E-state index in [1.807, 2.05) is 6.07 Å². The van der Waals surface area contributed by atoms with Crippen molar-refractivity contribution in [1.29, 1.82) is 5.26 Å². The first-order valence-corrected chi connectivity index (χ1v) is 7.66. The molecule has 2 rings (SSSR count). The zero-order valence-corrected chi connectivity index (χ0v) is 12.5. The average Bonchev–Trinajstić information content (AvgIpc) is 2.46. The number of piperidine rings is 1. The number of nitrogens with one attached hydrogen (secondary N) is 2. The summed E-state index contributed by atoms with van der Waals surface area (Å²) in [6, 6.07) is 4.66. The maximum absolute atomic E-state index is 12.0. The smallest absolute Gasteiger partial charge is 0.258 e. The lowest BCUT2D eigenvalue weighted by Gasteiger charge is -2.22. The molecule has 1 fully saturated rings. The fourth-order valence-electron chi connectivity index (χ4n) is 2.01. The fraction of sp³-hybridized carbons (Fsp3) is 0.500. The van der Waals surface area contributed by atoms with Crippen molar-refractivity contribution in [2.75, 3.05) is 19.6 Å². The van der Waals surface area contributed by atoms with E-state index in [0.717, 1.165) is 25.9 Å². The van der Waals surface area contributed by atoms with Crippen molar-refractivity contribution in [3.05, 3.63) is 23.9 Å². The summed E-state index contributed by atoms with van der Waals surface area (Å²) in [7, 11) is -3.62. The van der Waals surface area contributed by atoms with Gasteiger partial charge >= 0.3 is 0 Å². The molecule has 0 amide bonds. The third-order valence-corrected chi connectivity index (χ3v) is 4.48. The second kappa shape index (κ2) is 7.55. The zero-order valence-electron chi connectivity index (χ0n) is 10.9. The number of nitriles is 1. The SMILES string of the molecule is Cl.N#Cc1ccnc(S(=O)(=O)NCC2CCNCC2)c1. The van der Waals surface area contributed by atoms with Crippen molar-refractivity contribution < 1.29 is 8.42 Å². The molecule has 0 radical (unpaired) electrons. The lowest BCUT2D eigenvalue weighted by Crippen LogP contribution is -2.36. The molecule has 1 aliphatic heterocycles. The van der Waals surface area contributed by atoms with E-state index in [0.29, 0.717) is 12.5 Å². The van der Waals surface area contributed by atoms with Crippen molar-refractivity contribution in [3.63, 3.8) is 0 Å². The molecule has 2 heterocycles. The van der Waals surface area contributed by atoms with E-state index >= 15 is 0 Å². The molecule has 110 valence electrons. The molecule has 6 nitrogen and oxygen atoms in total. The van der Waals surface area contributed by atoms with Crippen LogP contribution in [0.3, 0.4) is 0 Å². The standard InChI is InChI=1S/C12H16N4O2S.ClH/c13-8-11-3-6-15-12(7-11)19(17,18)16-9-10-1-4-14-5-2-10;/h3,6-7,10,14,16H,1-2,4-5,9H2;1H. The number of halogens is 1. The van der Waals surface area contributed by atoms with Gasteiger partial charge in [-0.25, -0.2) is 18.1 Å². The highest BCUT2D eigenvalue weighted by molar-refractivity contribution is 7.89. The van der Waals surface area contributed by atoms with Crippen LogP contribution in [0, 0.1) is 17.2 Å². The Balaban J connectivity index is 0.00000200. The lowest BCUT2D eigenvalue weighted by atomic mass is 9.99. The molecular weight excluding hydrogens is 300 g/mol. The van der Waals surface area contributed by atoms with Crippen LogP contribution in [0.2, 0.25) is 0 Å². The van der Waals surface area contributed by atoms with Crippen LogP contribution in [0.5, 0.6) is 0 Å². The first-order valence-electron chi connectivity index (χ1n) is 6.18. The number of aromatic nitrogens is 1. The summed E-state index contributed by atoms with van der Waals surface area (Å²) in [5.41, 5.74) is 0.289. The molecular formula is C12H17ClN4O2S. The molecule has 0 unspecified atom stereocenters. The van der Waals surface area contributed by atoms with Crippen molar-refractivity contribution in [3.8, 4) is 6.07 Å². The Labute approximate surface area is 125 Å². The Kier molecular flexibility index (Phi) is 6.36. The highest BCUT2D eigenvalue weighted by Gasteiger charge is 2.19. The number of hydrogen-bond acceptors (Lipinski definition) is 5. The van der Waals surface area contributed by atoms with Gasteiger partial charge < -0.3 is 5.32 Å². The number of rotatable bonds is 4. The van der Waals surface area contributed by atoms with Crippen LogP contribution in [0.25, 0.3) is 0 Å². The summed E-state index contributed by atoms with van der Waals surface area (Å²) in [4.78, 5) is 3.81. The second-order valence-corrected chi connectivity index (χ2v) is 6.25. The molecule has 1 aliphatic rings. The fourth-order valence-corrected chi connectivity index (χ4v) is 3.10. The van der Waals surface area contributed by atoms with Gasteiger partial charge in [0, 0.05) is 12.7 Å². The minimum absolute atomic E-state index is 0. The van der Waals surface area contributed by atoms with Crippen molar-refractivity contribution in [2.45, 2.75) is 17.9 Å². The summed E-state index contributed by atoms with van der Waals surface area (Å²) >= 11 is 0. The van der Waals surface area contributed by atoms with Crippen LogP contribution in [0.1, 0.15) is 18.4 Å².